The molecule has 176 valence electrons. The van der Waals surface area contributed by atoms with Crippen LogP contribution in [0.15, 0.2) is 0 Å². The van der Waals surface area contributed by atoms with Crippen molar-refractivity contribution in [2.45, 2.75) is 27.7 Å². The van der Waals surface area contributed by atoms with Crippen molar-refractivity contribution in [3.8, 4) is 0 Å². The third kappa shape index (κ3) is 11.1. The summed E-state index contributed by atoms with van der Waals surface area (Å²) in [5.41, 5.74) is 0. The predicted octanol–water partition coefficient (Wildman–Crippen LogP) is 2.51. The van der Waals surface area contributed by atoms with E-state index in [0.29, 0.717) is 0 Å². The Kier molecular flexibility index (Phi) is 12.9. The number of carbonyl (C=O) groups is 4. The zero-order chi connectivity index (χ0) is 23.1. The van der Waals surface area contributed by atoms with Crippen molar-refractivity contribution < 1.29 is 38.1 Å². The molecule has 12 nitrogen and oxygen atoms in total. The molecule has 0 atom stereocenters. The second kappa shape index (κ2) is 13.9. The van der Waals surface area contributed by atoms with Gasteiger partial charge in [-0.25, -0.2) is 0 Å². The third-order valence-electron chi connectivity index (χ3n) is 3.58. The summed E-state index contributed by atoms with van der Waals surface area (Å²) in [6, 6.07) is 0. The summed E-state index contributed by atoms with van der Waals surface area (Å²) < 4.78 is 19.4. The number of carbonyl (C=O) groups excluding carboxylic acids is 4. The second-order valence-corrected chi connectivity index (χ2v) is 13.8. The first-order valence-corrected chi connectivity index (χ1v) is 13.3. The van der Waals surface area contributed by atoms with Crippen molar-refractivity contribution >= 4 is 41.6 Å². The molecule has 30 heavy (non-hydrogen) atoms. The van der Waals surface area contributed by atoms with Gasteiger partial charge in [0.15, 0.2) is 0 Å². The summed E-state index contributed by atoms with van der Waals surface area (Å²) in [6.45, 7) is 7.06. The average Bonchev–Trinajstić information content (AvgIpc) is 2.70. The average molecular weight is 475 g/mol. The van der Waals surface area contributed by atoms with Crippen molar-refractivity contribution in [1.82, 2.24) is 21.3 Å². The number of alkyl carbamates (subject to hydrolysis) is 4. The maximum absolute atomic E-state index is 11.8. The zero-order valence-electron chi connectivity index (χ0n) is 17.7. The number of nitrogens with one attached hydrogen (secondary N) is 4. The molecule has 14 heteroatoms. The Morgan fingerprint density at radius 3 is 0.933 bits per heavy atom. The Morgan fingerprint density at radius 1 is 0.567 bits per heavy atom. The molecule has 0 spiro atoms. The van der Waals surface area contributed by atoms with Gasteiger partial charge >= 0.3 is 180 Å². The van der Waals surface area contributed by atoms with Crippen LogP contribution in [-0.2, 0) is 18.9 Å². The Morgan fingerprint density at radius 2 is 0.767 bits per heavy atom. The van der Waals surface area contributed by atoms with Gasteiger partial charge in [-0.1, -0.05) is 0 Å². The summed E-state index contributed by atoms with van der Waals surface area (Å²) in [5.74, 6) is -3.84. The van der Waals surface area contributed by atoms with Crippen molar-refractivity contribution in [2.75, 3.05) is 51.6 Å². The minimum absolute atomic E-state index is 0.132. The van der Waals surface area contributed by atoms with Crippen LogP contribution in [0.2, 0.25) is 0 Å². The fraction of sp³-hybridized carbons (Fsp3) is 0.750. The number of halogens is 1. The molecule has 0 bridgehead atoms. The first-order chi connectivity index (χ1) is 14.1. The van der Waals surface area contributed by atoms with Crippen LogP contribution >= 0.6 is 17.2 Å². The molecule has 0 unspecified atom stereocenters. The van der Waals surface area contributed by atoms with Crippen LogP contribution in [0.5, 0.6) is 0 Å². The second-order valence-electron chi connectivity index (χ2n) is 6.04. The van der Waals surface area contributed by atoms with Crippen LogP contribution in [0.4, 0.5) is 19.2 Å². The molecule has 0 heterocycles. The van der Waals surface area contributed by atoms with E-state index >= 15 is 0 Å². The number of amides is 4. The van der Waals surface area contributed by atoms with Crippen LogP contribution < -0.4 is 21.3 Å². The Hall–Kier alpha value is -2.20. The molecule has 0 aliphatic heterocycles. The van der Waals surface area contributed by atoms with E-state index in [1.165, 1.54) is 0 Å². The molecule has 4 N–H and O–H groups in total. The Labute approximate surface area is 180 Å². The van der Waals surface area contributed by atoms with Crippen LogP contribution in [0.25, 0.3) is 0 Å². The van der Waals surface area contributed by atoms with Crippen LogP contribution in [-0.4, -0.2) is 75.9 Å². The number of ether oxygens (including phenoxy) is 4. The summed E-state index contributed by atoms with van der Waals surface area (Å²) in [7, 11) is 0. The molecule has 0 aromatic rings. The van der Waals surface area contributed by atoms with Crippen LogP contribution in [0, 0.1) is 0 Å². The quantitative estimate of drug-likeness (QED) is 0.248. The van der Waals surface area contributed by atoms with E-state index in [-0.39, 0.29) is 51.6 Å². The standard InChI is InChI=1S/C16H32ClN4O8P/c1-5-26-13(22)18-9-30(17,10-19-14(23)27-6-2,11-20-15(24)28-7-3)12-21-16(25)29-8-4/h5-12H2,1-4H3,(H,18,22)(H,19,23)(H,20,24)(H,21,25). The molecule has 4 amide bonds. The normalized spacial score (nSPS) is 11.8. The van der Waals surface area contributed by atoms with Crippen molar-refractivity contribution in [3.63, 3.8) is 0 Å². The monoisotopic (exact) mass is 474 g/mol. The van der Waals surface area contributed by atoms with Gasteiger partial charge < -0.3 is 0 Å². The fourth-order valence-corrected chi connectivity index (χ4v) is 5.60. The van der Waals surface area contributed by atoms with Crippen LogP contribution in [0.1, 0.15) is 27.7 Å². The molecule has 0 fully saturated rings. The number of rotatable bonds is 12. The predicted molar refractivity (Wildman–Crippen MR) is 113 cm³/mol. The summed E-state index contributed by atoms with van der Waals surface area (Å²) in [6.07, 6.45) is -3.69. The van der Waals surface area contributed by atoms with E-state index in [1.54, 1.807) is 27.7 Å². The van der Waals surface area contributed by atoms with Gasteiger partial charge in [0.25, 0.3) is 0 Å². The molecule has 0 saturated heterocycles. The molecular weight excluding hydrogens is 443 g/mol. The molecule has 0 aliphatic carbocycles. The van der Waals surface area contributed by atoms with E-state index in [0.717, 1.165) is 0 Å². The van der Waals surface area contributed by atoms with Crippen molar-refractivity contribution in [1.29, 1.82) is 0 Å². The van der Waals surface area contributed by atoms with Crippen molar-refractivity contribution in [3.05, 3.63) is 0 Å². The van der Waals surface area contributed by atoms with E-state index in [2.05, 4.69) is 21.3 Å². The zero-order valence-corrected chi connectivity index (χ0v) is 19.4. The molecule has 0 aliphatic rings. The molecule has 0 rings (SSSR count). The fourth-order valence-electron chi connectivity index (χ4n) is 2.11. The number of hydrogen-bond donors (Lipinski definition) is 4. The molecular formula is C16H32ClN4O8P. The van der Waals surface area contributed by atoms with Gasteiger partial charge in [-0.3, -0.25) is 0 Å². The van der Waals surface area contributed by atoms with Gasteiger partial charge in [0.05, 0.1) is 0 Å². The topological polar surface area (TPSA) is 153 Å². The van der Waals surface area contributed by atoms with Crippen molar-refractivity contribution in [2.24, 2.45) is 0 Å². The van der Waals surface area contributed by atoms with Crippen LogP contribution in [0.3, 0.4) is 0 Å². The summed E-state index contributed by atoms with van der Waals surface area (Å²) in [4.78, 5) is 47.4. The Bertz CT molecular complexity index is 496. The van der Waals surface area contributed by atoms with E-state index < -0.39 is 30.3 Å². The SMILES string of the molecule is CCOC(=O)NCP(Cl)(CNC(=O)OCC)(CNC(=O)OCC)CNC(=O)OCC. The summed E-state index contributed by atoms with van der Waals surface area (Å²) in [5, 5.41) is 10.1. The third-order valence-corrected chi connectivity index (χ3v) is 8.80. The molecule has 0 saturated carbocycles. The minimum atomic E-state index is -3.84. The first-order valence-electron chi connectivity index (χ1n) is 9.46. The molecule has 0 radical (unpaired) electrons. The van der Waals surface area contributed by atoms with Gasteiger partial charge in [0, 0.05) is 0 Å². The van der Waals surface area contributed by atoms with Gasteiger partial charge in [-0.15, -0.1) is 0 Å². The van der Waals surface area contributed by atoms with Gasteiger partial charge in [-0.05, 0) is 0 Å². The van der Waals surface area contributed by atoms with Gasteiger partial charge in [0.2, 0.25) is 0 Å². The van der Waals surface area contributed by atoms with Gasteiger partial charge in [0.1, 0.15) is 0 Å². The summed E-state index contributed by atoms with van der Waals surface area (Å²) >= 11 is 7.02. The molecule has 0 aromatic heterocycles. The Balaban J connectivity index is 5.68. The maximum atomic E-state index is 11.8. The van der Waals surface area contributed by atoms with Gasteiger partial charge in [-0.2, -0.15) is 0 Å². The molecule has 0 aromatic carbocycles. The van der Waals surface area contributed by atoms with E-state index in [9.17, 15) is 19.2 Å². The number of hydrogen-bond acceptors (Lipinski definition) is 8. The van der Waals surface area contributed by atoms with E-state index in [1.807, 2.05) is 0 Å². The van der Waals surface area contributed by atoms with E-state index in [4.69, 9.17) is 30.2 Å². The first kappa shape index (κ1) is 27.8.